The first-order chi connectivity index (χ1) is 9.73. The van der Waals surface area contributed by atoms with E-state index in [9.17, 15) is 0 Å². The van der Waals surface area contributed by atoms with Gasteiger partial charge in [0.05, 0.1) is 11.3 Å². The predicted octanol–water partition coefficient (Wildman–Crippen LogP) is 3.12. The van der Waals surface area contributed by atoms with Gasteiger partial charge in [-0.3, -0.25) is 4.68 Å². The highest BCUT2D eigenvalue weighted by Gasteiger charge is 2.34. The molecular formula is C16H29N3O. The molecule has 1 N–H and O–H groups in total. The van der Waals surface area contributed by atoms with Crippen molar-refractivity contribution in [2.45, 2.75) is 77.6 Å². The minimum Gasteiger partial charge on any atom is -0.375 e. The van der Waals surface area contributed by atoms with E-state index in [-0.39, 0.29) is 5.60 Å². The summed E-state index contributed by atoms with van der Waals surface area (Å²) in [5.41, 5.74) is 1.39. The first-order valence-electron chi connectivity index (χ1n) is 8.11. The van der Waals surface area contributed by atoms with Gasteiger partial charge in [-0.25, -0.2) is 0 Å². The highest BCUT2D eigenvalue weighted by Crippen LogP contribution is 2.31. The van der Waals surface area contributed by atoms with Crippen LogP contribution in [0.5, 0.6) is 0 Å². The van der Waals surface area contributed by atoms with Crippen LogP contribution in [0.1, 0.15) is 58.6 Å². The van der Waals surface area contributed by atoms with Gasteiger partial charge in [-0.05, 0) is 38.2 Å². The lowest BCUT2D eigenvalue weighted by Crippen LogP contribution is -2.46. The molecule has 0 saturated carbocycles. The Labute approximate surface area is 122 Å². The second-order valence-corrected chi connectivity index (χ2v) is 5.85. The minimum absolute atomic E-state index is 0.0968. The van der Waals surface area contributed by atoms with E-state index in [4.69, 9.17) is 4.74 Å². The summed E-state index contributed by atoms with van der Waals surface area (Å²) < 4.78 is 8.15. The van der Waals surface area contributed by atoms with Crippen molar-refractivity contribution in [2.24, 2.45) is 0 Å². The average Bonchev–Trinajstić information content (AvgIpc) is 2.93. The number of nitrogens with one attached hydrogen (secondary N) is 1. The third kappa shape index (κ3) is 3.61. The average molecular weight is 279 g/mol. The SMILES string of the molecule is CCCn1nccc1CNC1CCOC(CC)(CC)C1. The summed E-state index contributed by atoms with van der Waals surface area (Å²) in [6.07, 6.45) is 7.48. The van der Waals surface area contributed by atoms with Crippen molar-refractivity contribution < 1.29 is 4.74 Å². The van der Waals surface area contributed by atoms with Crippen LogP contribution in [0.4, 0.5) is 0 Å². The van der Waals surface area contributed by atoms with E-state index < -0.39 is 0 Å². The summed E-state index contributed by atoms with van der Waals surface area (Å²) in [4.78, 5) is 0. The maximum atomic E-state index is 6.04. The third-order valence-electron chi connectivity index (χ3n) is 4.59. The zero-order valence-corrected chi connectivity index (χ0v) is 13.2. The fraction of sp³-hybridized carbons (Fsp3) is 0.812. The molecule has 1 aromatic rings. The van der Waals surface area contributed by atoms with E-state index in [1.807, 2.05) is 6.20 Å². The molecule has 1 aromatic heterocycles. The van der Waals surface area contributed by atoms with E-state index in [0.717, 1.165) is 51.8 Å². The zero-order valence-electron chi connectivity index (χ0n) is 13.2. The quantitative estimate of drug-likeness (QED) is 0.833. The summed E-state index contributed by atoms with van der Waals surface area (Å²) in [5, 5.41) is 8.09. The lowest BCUT2D eigenvalue weighted by Gasteiger charge is -2.40. The fourth-order valence-electron chi connectivity index (χ4n) is 3.12. The van der Waals surface area contributed by atoms with Crippen molar-refractivity contribution >= 4 is 0 Å². The molecule has 4 nitrogen and oxygen atoms in total. The molecule has 0 radical (unpaired) electrons. The molecule has 2 heterocycles. The molecule has 0 amide bonds. The maximum Gasteiger partial charge on any atom is 0.0692 e. The number of aryl methyl sites for hydroxylation is 1. The molecule has 1 fully saturated rings. The van der Waals surface area contributed by atoms with Crippen LogP contribution in [0.3, 0.4) is 0 Å². The summed E-state index contributed by atoms with van der Waals surface area (Å²) in [6.45, 7) is 9.46. The van der Waals surface area contributed by atoms with E-state index >= 15 is 0 Å². The molecule has 0 aromatic carbocycles. The Morgan fingerprint density at radius 1 is 1.40 bits per heavy atom. The van der Waals surface area contributed by atoms with Crippen molar-refractivity contribution in [3.8, 4) is 0 Å². The first kappa shape index (κ1) is 15.5. The van der Waals surface area contributed by atoms with Crippen molar-refractivity contribution in [1.29, 1.82) is 0 Å². The molecule has 1 atom stereocenters. The molecule has 0 bridgehead atoms. The van der Waals surface area contributed by atoms with Crippen LogP contribution < -0.4 is 5.32 Å². The molecule has 114 valence electrons. The molecule has 20 heavy (non-hydrogen) atoms. The van der Waals surface area contributed by atoms with Crippen LogP contribution in [0.25, 0.3) is 0 Å². The highest BCUT2D eigenvalue weighted by atomic mass is 16.5. The molecule has 4 heteroatoms. The van der Waals surface area contributed by atoms with Crippen LogP contribution in [0.2, 0.25) is 0 Å². The summed E-state index contributed by atoms with van der Waals surface area (Å²) in [5.74, 6) is 0. The molecule has 1 aliphatic heterocycles. The van der Waals surface area contributed by atoms with Gasteiger partial charge < -0.3 is 10.1 Å². The first-order valence-corrected chi connectivity index (χ1v) is 8.11. The largest absolute Gasteiger partial charge is 0.375 e. The van der Waals surface area contributed by atoms with Crippen molar-refractivity contribution in [1.82, 2.24) is 15.1 Å². The van der Waals surface area contributed by atoms with Crippen LogP contribution in [-0.4, -0.2) is 28.0 Å². The number of rotatable bonds is 7. The molecule has 1 saturated heterocycles. The highest BCUT2D eigenvalue weighted by molar-refractivity contribution is 5.01. The molecule has 0 aliphatic carbocycles. The van der Waals surface area contributed by atoms with Gasteiger partial charge in [0.1, 0.15) is 0 Å². The Morgan fingerprint density at radius 3 is 2.90 bits per heavy atom. The number of hydrogen-bond acceptors (Lipinski definition) is 3. The Hall–Kier alpha value is -0.870. The summed E-state index contributed by atoms with van der Waals surface area (Å²) >= 11 is 0. The maximum absolute atomic E-state index is 6.04. The van der Waals surface area contributed by atoms with Crippen molar-refractivity contribution in [2.75, 3.05) is 6.61 Å². The summed E-state index contributed by atoms with van der Waals surface area (Å²) in [7, 11) is 0. The van der Waals surface area contributed by atoms with Gasteiger partial charge in [-0.15, -0.1) is 0 Å². The van der Waals surface area contributed by atoms with Gasteiger partial charge in [0, 0.05) is 31.9 Å². The monoisotopic (exact) mass is 279 g/mol. The summed E-state index contributed by atoms with van der Waals surface area (Å²) in [6, 6.07) is 2.68. The second kappa shape index (κ2) is 7.23. The normalized spacial score (nSPS) is 22.1. The van der Waals surface area contributed by atoms with Gasteiger partial charge >= 0.3 is 0 Å². The predicted molar refractivity (Wildman–Crippen MR) is 81.6 cm³/mol. The van der Waals surface area contributed by atoms with Crippen LogP contribution in [-0.2, 0) is 17.8 Å². The third-order valence-corrected chi connectivity index (χ3v) is 4.59. The zero-order chi connectivity index (χ0) is 14.4. The van der Waals surface area contributed by atoms with Gasteiger partial charge in [-0.1, -0.05) is 20.8 Å². The van der Waals surface area contributed by atoms with E-state index in [2.05, 4.69) is 41.9 Å². The van der Waals surface area contributed by atoms with Gasteiger partial charge in [-0.2, -0.15) is 5.10 Å². The fourth-order valence-corrected chi connectivity index (χ4v) is 3.12. The van der Waals surface area contributed by atoms with E-state index in [0.29, 0.717) is 6.04 Å². The number of aromatic nitrogens is 2. The molecule has 1 unspecified atom stereocenters. The molecule has 2 rings (SSSR count). The Balaban J connectivity index is 1.88. The number of nitrogens with zero attached hydrogens (tertiary/aromatic N) is 2. The Morgan fingerprint density at radius 2 is 2.20 bits per heavy atom. The molecular weight excluding hydrogens is 250 g/mol. The van der Waals surface area contributed by atoms with Crippen molar-refractivity contribution in [3.05, 3.63) is 18.0 Å². The number of hydrogen-bond donors (Lipinski definition) is 1. The smallest absolute Gasteiger partial charge is 0.0692 e. The minimum atomic E-state index is 0.0968. The molecule has 1 aliphatic rings. The van der Waals surface area contributed by atoms with Gasteiger partial charge in [0.15, 0.2) is 0 Å². The van der Waals surface area contributed by atoms with Crippen LogP contribution in [0, 0.1) is 0 Å². The Kier molecular flexibility index (Phi) is 5.61. The van der Waals surface area contributed by atoms with Crippen LogP contribution >= 0.6 is 0 Å². The number of ether oxygens (including phenoxy) is 1. The second-order valence-electron chi connectivity index (χ2n) is 5.85. The van der Waals surface area contributed by atoms with Crippen molar-refractivity contribution in [3.63, 3.8) is 0 Å². The van der Waals surface area contributed by atoms with Gasteiger partial charge in [0.2, 0.25) is 0 Å². The lowest BCUT2D eigenvalue weighted by atomic mass is 9.86. The van der Waals surface area contributed by atoms with Gasteiger partial charge in [0.25, 0.3) is 0 Å². The Bertz CT molecular complexity index is 398. The standard InChI is InChI=1S/C16H29N3O/c1-4-10-19-15(7-9-18-19)13-17-14-8-11-20-16(5-2,6-3)12-14/h7,9,14,17H,4-6,8,10-13H2,1-3H3. The topological polar surface area (TPSA) is 39.1 Å². The molecule has 0 spiro atoms. The van der Waals surface area contributed by atoms with E-state index in [1.165, 1.54) is 5.69 Å². The lowest BCUT2D eigenvalue weighted by molar-refractivity contribution is -0.0932. The van der Waals surface area contributed by atoms with E-state index in [1.54, 1.807) is 0 Å². The van der Waals surface area contributed by atoms with Crippen LogP contribution in [0.15, 0.2) is 12.3 Å².